The number of amides is 1. The monoisotopic (exact) mass is 384 g/mol. The largest absolute Gasteiger partial charge is 0.419 e. The molecule has 3 rings (SSSR count). The normalized spacial score (nSPS) is 26.7. The molecule has 1 saturated carbocycles. The van der Waals surface area contributed by atoms with Gasteiger partial charge in [0, 0.05) is 38.4 Å². The number of alkyl halides is 3. The molecule has 1 aliphatic carbocycles. The summed E-state index contributed by atoms with van der Waals surface area (Å²) in [4.78, 5) is 20.3. The van der Waals surface area contributed by atoms with Crippen LogP contribution in [0.25, 0.3) is 0 Å². The zero-order chi connectivity index (χ0) is 19.6. The van der Waals surface area contributed by atoms with Gasteiger partial charge in [0.15, 0.2) is 0 Å². The summed E-state index contributed by atoms with van der Waals surface area (Å²) in [6.07, 6.45) is 1.86. The predicted octanol–water partition coefficient (Wildman–Crippen LogP) is 3.05. The molecule has 150 valence electrons. The van der Waals surface area contributed by atoms with Crippen LogP contribution in [0.15, 0.2) is 18.3 Å². The molecule has 0 radical (unpaired) electrons. The van der Waals surface area contributed by atoms with Crippen molar-refractivity contribution >= 4 is 11.7 Å². The second kappa shape index (κ2) is 8.04. The van der Waals surface area contributed by atoms with Crippen LogP contribution in [0.5, 0.6) is 0 Å². The highest BCUT2D eigenvalue weighted by molar-refractivity contribution is 5.80. The Labute approximate surface area is 157 Å². The van der Waals surface area contributed by atoms with Crippen LogP contribution < -0.4 is 10.6 Å². The van der Waals surface area contributed by atoms with Crippen molar-refractivity contribution < 1.29 is 18.0 Å². The number of carbonyl (C=O) groups is 1. The van der Waals surface area contributed by atoms with Crippen molar-refractivity contribution in [1.82, 2.24) is 9.88 Å². The van der Waals surface area contributed by atoms with E-state index in [1.807, 2.05) is 7.05 Å². The Bertz CT molecular complexity index is 659. The lowest BCUT2D eigenvalue weighted by Gasteiger charge is -2.39. The number of anilines is 1. The van der Waals surface area contributed by atoms with Crippen molar-refractivity contribution in [3.63, 3.8) is 0 Å². The van der Waals surface area contributed by atoms with E-state index < -0.39 is 11.7 Å². The lowest BCUT2D eigenvalue weighted by molar-refractivity contribution is -0.137. The van der Waals surface area contributed by atoms with Crippen LogP contribution in [0.1, 0.15) is 44.1 Å². The number of nitrogens with zero attached hydrogens (tertiary/aromatic N) is 3. The van der Waals surface area contributed by atoms with Gasteiger partial charge in [-0.2, -0.15) is 13.2 Å². The smallest absolute Gasteiger partial charge is 0.355 e. The van der Waals surface area contributed by atoms with Crippen molar-refractivity contribution in [3.05, 3.63) is 23.9 Å². The summed E-state index contributed by atoms with van der Waals surface area (Å²) in [5.41, 5.74) is 5.20. The summed E-state index contributed by atoms with van der Waals surface area (Å²) in [5, 5.41) is 0. The van der Waals surface area contributed by atoms with Gasteiger partial charge in [-0.25, -0.2) is 4.98 Å². The minimum absolute atomic E-state index is 0.0182. The fourth-order valence-corrected chi connectivity index (χ4v) is 4.20. The van der Waals surface area contributed by atoms with Crippen LogP contribution in [0, 0.1) is 5.92 Å². The van der Waals surface area contributed by atoms with Crippen LogP contribution in [-0.4, -0.2) is 48.0 Å². The summed E-state index contributed by atoms with van der Waals surface area (Å²) in [5.74, 6) is -0.360. The molecular formula is C19H27F3N4O. The van der Waals surface area contributed by atoms with Crippen molar-refractivity contribution in [2.75, 3.05) is 25.0 Å². The Morgan fingerprint density at radius 3 is 2.63 bits per heavy atom. The first kappa shape index (κ1) is 19.9. The van der Waals surface area contributed by atoms with E-state index in [0.29, 0.717) is 19.4 Å². The summed E-state index contributed by atoms with van der Waals surface area (Å²) in [7, 11) is 1.81. The van der Waals surface area contributed by atoms with Crippen LogP contribution in [0.4, 0.5) is 19.0 Å². The summed E-state index contributed by atoms with van der Waals surface area (Å²) >= 11 is 0. The van der Waals surface area contributed by atoms with Gasteiger partial charge in [0.25, 0.3) is 0 Å². The highest BCUT2D eigenvalue weighted by Gasteiger charge is 2.38. The van der Waals surface area contributed by atoms with Crippen LogP contribution in [0.3, 0.4) is 0 Å². The lowest BCUT2D eigenvalue weighted by atomic mass is 9.89. The third-order valence-corrected chi connectivity index (χ3v) is 5.80. The topological polar surface area (TPSA) is 62.5 Å². The molecule has 2 heterocycles. The van der Waals surface area contributed by atoms with Gasteiger partial charge in [-0.3, -0.25) is 4.79 Å². The number of halogens is 3. The van der Waals surface area contributed by atoms with E-state index in [2.05, 4.69) is 4.98 Å². The highest BCUT2D eigenvalue weighted by atomic mass is 19.4. The number of aromatic nitrogens is 1. The van der Waals surface area contributed by atoms with Crippen molar-refractivity contribution in [3.8, 4) is 0 Å². The number of rotatable bonds is 3. The standard InChI is InChI=1S/C19H27F3N4O/c1-25(15-8-6-14(23)7-9-15)18(27)13-4-3-11-26(12-13)17-16(19(20,21)22)5-2-10-24-17/h2,5,10,13-15H,3-4,6-9,11-12,23H2,1H3/t13-,14?,15?/m0/s1. The molecule has 2 aliphatic rings. The quantitative estimate of drug-likeness (QED) is 0.870. The molecule has 0 unspecified atom stereocenters. The van der Waals surface area contributed by atoms with Crippen molar-refractivity contribution in [2.24, 2.45) is 11.7 Å². The molecule has 1 aromatic rings. The van der Waals surface area contributed by atoms with Crippen LogP contribution in [-0.2, 0) is 11.0 Å². The number of nitrogens with two attached hydrogens (primary N) is 1. The molecule has 2 N–H and O–H groups in total. The van der Waals surface area contributed by atoms with E-state index in [0.717, 1.165) is 31.7 Å². The fraction of sp³-hybridized carbons (Fsp3) is 0.684. The fourth-order valence-electron chi connectivity index (χ4n) is 4.20. The molecule has 27 heavy (non-hydrogen) atoms. The second-order valence-electron chi connectivity index (χ2n) is 7.68. The van der Waals surface area contributed by atoms with Gasteiger partial charge in [-0.1, -0.05) is 0 Å². The van der Waals surface area contributed by atoms with E-state index in [-0.39, 0.29) is 36.3 Å². The van der Waals surface area contributed by atoms with Gasteiger partial charge in [-0.05, 0) is 50.7 Å². The Morgan fingerprint density at radius 1 is 1.26 bits per heavy atom. The minimum Gasteiger partial charge on any atom is -0.355 e. The van der Waals surface area contributed by atoms with Crippen LogP contribution >= 0.6 is 0 Å². The van der Waals surface area contributed by atoms with Gasteiger partial charge in [0.05, 0.1) is 11.5 Å². The number of hydrogen-bond donors (Lipinski definition) is 1. The molecule has 0 aromatic carbocycles. The number of piperidine rings is 1. The summed E-state index contributed by atoms with van der Waals surface area (Å²) < 4.78 is 39.9. The SMILES string of the molecule is CN(C(=O)[C@H]1CCCN(c2ncccc2C(F)(F)F)C1)C1CCC(N)CC1. The summed E-state index contributed by atoms with van der Waals surface area (Å²) in [6, 6.07) is 2.72. The van der Waals surface area contributed by atoms with Crippen molar-refractivity contribution in [2.45, 2.75) is 56.8 Å². The zero-order valence-corrected chi connectivity index (χ0v) is 15.6. The third kappa shape index (κ3) is 4.54. The van der Waals surface area contributed by atoms with Gasteiger partial charge in [0.1, 0.15) is 5.82 Å². The minimum atomic E-state index is -4.46. The molecule has 0 bridgehead atoms. The van der Waals surface area contributed by atoms with Gasteiger partial charge < -0.3 is 15.5 Å². The van der Waals surface area contributed by atoms with Gasteiger partial charge >= 0.3 is 6.18 Å². The first-order valence-electron chi connectivity index (χ1n) is 9.56. The number of pyridine rings is 1. The van der Waals surface area contributed by atoms with Gasteiger partial charge in [-0.15, -0.1) is 0 Å². The number of hydrogen-bond acceptors (Lipinski definition) is 4. The summed E-state index contributed by atoms with van der Waals surface area (Å²) in [6.45, 7) is 0.751. The molecular weight excluding hydrogens is 357 g/mol. The van der Waals surface area contributed by atoms with E-state index in [9.17, 15) is 18.0 Å². The maximum atomic E-state index is 13.3. The Morgan fingerprint density at radius 2 is 1.96 bits per heavy atom. The maximum Gasteiger partial charge on any atom is 0.419 e. The maximum absolute atomic E-state index is 13.3. The average molecular weight is 384 g/mol. The third-order valence-electron chi connectivity index (χ3n) is 5.80. The Balaban J connectivity index is 1.70. The molecule has 8 heteroatoms. The molecule has 2 fully saturated rings. The first-order valence-corrected chi connectivity index (χ1v) is 9.56. The first-order chi connectivity index (χ1) is 12.8. The van der Waals surface area contributed by atoms with E-state index >= 15 is 0 Å². The molecule has 0 spiro atoms. The highest BCUT2D eigenvalue weighted by Crippen LogP contribution is 2.36. The van der Waals surface area contributed by atoms with E-state index in [4.69, 9.17) is 5.73 Å². The lowest BCUT2D eigenvalue weighted by Crippen LogP contribution is -2.48. The average Bonchev–Trinajstić information content (AvgIpc) is 2.67. The Hall–Kier alpha value is -1.83. The Kier molecular flexibility index (Phi) is 5.93. The molecule has 5 nitrogen and oxygen atoms in total. The molecule has 1 amide bonds. The predicted molar refractivity (Wildman–Crippen MR) is 97.2 cm³/mol. The van der Waals surface area contributed by atoms with Crippen LogP contribution in [0.2, 0.25) is 0 Å². The molecule has 1 aliphatic heterocycles. The molecule has 1 atom stereocenters. The van der Waals surface area contributed by atoms with E-state index in [1.54, 1.807) is 9.80 Å². The van der Waals surface area contributed by atoms with E-state index in [1.165, 1.54) is 12.3 Å². The molecule has 1 aromatic heterocycles. The van der Waals surface area contributed by atoms with Crippen molar-refractivity contribution in [1.29, 1.82) is 0 Å². The zero-order valence-electron chi connectivity index (χ0n) is 15.6. The second-order valence-corrected chi connectivity index (χ2v) is 7.68. The van der Waals surface area contributed by atoms with Gasteiger partial charge in [0.2, 0.25) is 5.91 Å². The molecule has 1 saturated heterocycles. The number of carbonyl (C=O) groups excluding carboxylic acids is 1.